The summed E-state index contributed by atoms with van der Waals surface area (Å²) in [4.78, 5) is 11.2. The molecule has 0 radical (unpaired) electrons. The fourth-order valence-corrected chi connectivity index (χ4v) is 1.55. The predicted molar refractivity (Wildman–Crippen MR) is 73.7 cm³/mol. The van der Waals surface area contributed by atoms with Gasteiger partial charge in [-0.1, -0.05) is 18.2 Å². The molecule has 98 valence electrons. The van der Waals surface area contributed by atoms with Crippen molar-refractivity contribution in [3.8, 4) is 5.75 Å². The summed E-state index contributed by atoms with van der Waals surface area (Å²) in [5.74, 6) is 0.837. The highest BCUT2D eigenvalue weighted by atomic mass is 16.5. The number of carbonyl (C=O) groups excluding carboxylic acids is 1. The molecule has 0 unspecified atom stereocenters. The van der Waals surface area contributed by atoms with Crippen LogP contribution >= 0.6 is 0 Å². The van der Waals surface area contributed by atoms with Gasteiger partial charge in [0.25, 0.3) is 0 Å². The largest absolute Gasteiger partial charge is 0.491 e. The van der Waals surface area contributed by atoms with Crippen LogP contribution < -0.4 is 10.1 Å². The van der Waals surface area contributed by atoms with E-state index in [1.807, 2.05) is 45.0 Å². The summed E-state index contributed by atoms with van der Waals surface area (Å²) in [6.45, 7) is 6.48. The molecule has 0 saturated heterocycles. The van der Waals surface area contributed by atoms with Gasteiger partial charge in [0.15, 0.2) is 0 Å². The molecule has 0 fully saturated rings. The van der Waals surface area contributed by atoms with Crippen LogP contribution in [0.15, 0.2) is 36.4 Å². The lowest BCUT2D eigenvalue weighted by molar-refractivity contribution is -0.116. The van der Waals surface area contributed by atoms with Gasteiger partial charge in [0.05, 0.1) is 6.10 Å². The molecule has 0 aliphatic carbocycles. The van der Waals surface area contributed by atoms with Gasteiger partial charge >= 0.3 is 0 Å². The number of carbonyl (C=O) groups is 1. The lowest BCUT2D eigenvalue weighted by Crippen LogP contribution is -2.23. The Hall–Kier alpha value is -1.77. The number of ether oxygens (including phenoxy) is 1. The van der Waals surface area contributed by atoms with Crippen LogP contribution in [-0.4, -0.2) is 18.6 Å². The van der Waals surface area contributed by atoms with Crippen LogP contribution in [0.2, 0.25) is 0 Å². The summed E-state index contributed by atoms with van der Waals surface area (Å²) in [7, 11) is 0. The molecule has 1 aromatic rings. The van der Waals surface area contributed by atoms with Gasteiger partial charge in [0, 0.05) is 6.54 Å². The number of allylic oxidation sites excluding steroid dienone is 1. The summed E-state index contributed by atoms with van der Waals surface area (Å²) < 4.78 is 5.56. The van der Waals surface area contributed by atoms with E-state index >= 15 is 0 Å². The Bertz CT molecular complexity index is 393. The Morgan fingerprint density at radius 2 is 2.00 bits per heavy atom. The maximum Gasteiger partial charge on any atom is 0.243 e. The van der Waals surface area contributed by atoms with Crippen molar-refractivity contribution < 1.29 is 9.53 Å². The molecule has 1 N–H and O–H groups in total. The summed E-state index contributed by atoms with van der Waals surface area (Å²) in [6.07, 6.45) is 4.27. The van der Waals surface area contributed by atoms with Gasteiger partial charge < -0.3 is 10.1 Å². The molecule has 1 aromatic carbocycles. The van der Waals surface area contributed by atoms with Crippen molar-refractivity contribution in [2.45, 2.75) is 33.3 Å². The normalized spacial score (nSPS) is 10.9. The first-order valence-electron chi connectivity index (χ1n) is 6.28. The number of hydrogen-bond donors (Lipinski definition) is 1. The maximum atomic E-state index is 11.2. The van der Waals surface area contributed by atoms with Crippen molar-refractivity contribution in [1.29, 1.82) is 0 Å². The molecule has 18 heavy (non-hydrogen) atoms. The molecule has 0 bridgehead atoms. The number of rotatable bonds is 6. The summed E-state index contributed by atoms with van der Waals surface area (Å²) >= 11 is 0. The fraction of sp³-hybridized carbons (Fsp3) is 0.400. The molecule has 1 amide bonds. The van der Waals surface area contributed by atoms with Gasteiger partial charge in [-0.25, -0.2) is 0 Å². The summed E-state index contributed by atoms with van der Waals surface area (Å²) in [5.41, 5.74) is 1.19. The molecule has 0 atom stereocenters. The maximum absolute atomic E-state index is 11.2. The third-order valence-corrected chi connectivity index (χ3v) is 2.33. The highest BCUT2D eigenvalue weighted by molar-refractivity contribution is 5.87. The Labute approximate surface area is 109 Å². The monoisotopic (exact) mass is 247 g/mol. The van der Waals surface area contributed by atoms with Crippen molar-refractivity contribution in [2.24, 2.45) is 0 Å². The van der Waals surface area contributed by atoms with Crippen LogP contribution in [0.1, 0.15) is 26.3 Å². The van der Waals surface area contributed by atoms with Crippen LogP contribution in [0.3, 0.4) is 0 Å². The standard InChI is InChI=1S/C15H21NO2/c1-4-5-15(17)16-11-10-13-6-8-14(9-7-13)18-12(2)3/h4-9,12H,10-11H2,1-3H3,(H,16,17)/b5-4+. The van der Waals surface area contributed by atoms with Gasteiger partial charge in [0.2, 0.25) is 5.91 Å². The van der Waals surface area contributed by atoms with Crippen molar-refractivity contribution in [3.05, 3.63) is 42.0 Å². The number of amides is 1. The van der Waals surface area contributed by atoms with Crippen LogP contribution in [0.4, 0.5) is 0 Å². The first kappa shape index (κ1) is 14.3. The topological polar surface area (TPSA) is 38.3 Å². The molecular weight excluding hydrogens is 226 g/mol. The smallest absolute Gasteiger partial charge is 0.243 e. The Morgan fingerprint density at radius 3 is 2.56 bits per heavy atom. The number of benzene rings is 1. The van der Waals surface area contributed by atoms with Crippen LogP contribution in [0.5, 0.6) is 5.75 Å². The minimum atomic E-state index is -0.0442. The van der Waals surface area contributed by atoms with E-state index in [-0.39, 0.29) is 12.0 Å². The third kappa shape index (κ3) is 5.53. The Kier molecular flexibility index (Phi) is 5.98. The zero-order valence-corrected chi connectivity index (χ0v) is 11.3. The molecule has 0 spiro atoms. The van der Waals surface area contributed by atoms with E-state index in [1.54, 1.807) is 6.08 Å². The van der Waals surface area contributed by atoms with Crippen LogP contribution in [-0.2, 0) is 11.2 Å². The minimum absolute atomic E-state index is 0.0442. The second-order valence-corrected chi connectivity index (χ2v) is 4.35. The van der Waals surface area contributed by atoms with E-state index < -0.39 is 0 Å². The van der Waals surface area contributed by atoms with Gasteiger partial charge in [-0.15, -0.1) is 0 Å². The predicted octanol–water partition coefficient (Wildman–Crippen LogP) is 2.71. The molecule has 0 aliphatic heterocycles. The minimum Gasteiger partial charge on any atom is -0.491 e. The Morgan fingerprint density at radius 1 is 1.33 bits per heavy atom. The van der Waals surface area contributed by atoms with Gasteiger partial charge in [-0.05, 0) is 51.0 Å². The van der Waals surface area contributed by atoms with Crippen molar-refractivity contribution in [1.82, 2.24) is 5.32 Å². The van der Waals surface area contributed by atoms with Crippen LogP contribution in [0, 0.1) is 0 Å². The molecule has 0 heterocycles. The van der Waals surface area contributed by atoms with Gasteiger partial charge in [0.1, 0.15) is 5.75 Å². The zero-order chi connectivity index (χ0) is 13.4. The summed E-state index contributed by atoms with van der Waals surface area (Å²) in [6, 6.07) is 7.98. The summed E-state index contributed by atoms with van der Waals surface area (Å²) in [5, 5.41) is 2.82. The third-order valence-electron chi connectivity index (χ3n) is 2.33. The molecule has 3 nitrogen and oxygen atoms in total. The number of nitrogens with one attached hydrogen (secondary N) is 1. The molecule has 0 aromatic heterocycles. The zero-order valence-electron chi connectivity index (χ0n) is 11.3. The second kappa shape index (κ2) is 7.54. The average molecular weight is 247 g/mol. The van der Waals surface area contributed by atoms with E-state index in [0.29, 0.717) is 6.54 Å². The number of hydrogen-bond acceptors (Lipinski definition) is 2. The van der Waals surface area contributed by atoms with Gasteiger partial charge in [-0.3, -0.25) is 4.79 Å². The molecule has 3 heteroatoms. The first-order chi connectivity index (χ1) is 8.61. The first-order valence-corrected chi connectivity index (χ1v) is 6.28. The molecule has 0 aliphatic rings. The van der Waals surface area contributed by atoms with E-state index in [0.717, 1.165) is 12.2 Å². The average Bonchev–Trinajstić information content (AvgIpc) is 2.31. The van der Waals surface area contributed by atoms with Gasteiger partial charge in [-0.2, -0.15) is 0 Å². The SMILES string of the molecule is C/C=C/C(=O)NCCc1ccc(OC(C)C)cc1. The highest BCUT2D eigenvalue weighted by Gasteiger charge is 1.99. The molecule has 1 rings (SSSR count). The lowest BCUT2D eigenvalue weighted by atomic mass is 10.1. The van der Waals surface area contributed by atoms with Crippen molar-refractivity contribution in [3.63, 3.8) is 0 Å². The van der Waals surface area contributed by atoms with E-state index in [4.69, 9.17) is 4.74 Å². The lowest BCUT2D eigenvalue weighted by Gasteiger charge is -2.10. The van der Waals surface area contributed by atoms with Crippen molar-refractivity contribution >= 4 is 5.91 Å². The highest BCUT2D eigenvalue weighted by Crippen LogP contribution is 2.13. The van der Waals surface area contributed by atoms with Crippen molar-refractivity contribution in [2.75, 3.05) is 6.54 Å². The van der Waals surface area contributed by atoms with Crippen LogP contribution in [0.25, 0.3) is 0 Å². The second-order valence-electron chi connectivity index (χ2n) is 4.35. The fourth-order valence-electron chi connectivity index (χ4n) is 1.55. The molecule has 0 saturated carbocycles. The Balaban J connectivity index is 2.37. The van der Waals surface area contributed by atoms with E-state index in [2.05, 4.69) is 5.32 Å². The quantitative estimate of drug-likeness (QED) is 0.785. The van der Waals surface area contributed by atoms with E-state index in [1.165, 1.54) is 11.6 Å². The molecular formula is C15H21NO2. The van der Waals surface area contributed by atoms with E-state index in [9.17, 15) is 4.79 Å².